The van der Waals surface area contributed by atoms with E-state index in [0.717, 1.165) is 58.5 Å². The molecule has 0 spiro atoms. The van der Waals surface area contributed by atoms with Crippen LogP contribution in [-0.2, 0) is 4.79 Å². The Morgan fingerprint density at radius 3 is 2.48 bits per heavy atom. The van der Waals surface area contributed by atoms with Gasteiger partial charge in [0, 0.05) is 38.3 Å². The lowest BCUT2D eigenvalue weighted by Crippen LogP contribution is -2.60. The summed E-state index contributed by atoms with van der Waals surface area (Å²) < 4.78 is 0. The normalized spacial score (nSPS) is 28.8. The lowest BCUT2D eigenvalue weighted by molar-refractivity contribution is -0.128. The number of likely N-dealkylation sites (N-methyl/N-ethyl adjacent to an activating group) is 1. The van der Waals surface area contributed by atoms with Crippen LogP contribution in [0.25, 0.3) is 0 Å². The number of carbonyl (C=O) groups is 1. The van der Waals surface area contributed by atoms with Crippen molar-refractivity contribution in [3.8, 4) is 0 Å². The minimum Gasteiger partial charge on any atom is -0.353 e. The Bertz CT molecular complexity index is 355. The molecule has 0 aliphatic carbocycles. The lowest BCUT2D eigenvalue weighted by Gasteiger charge is -2.43. The Morgan fingerprint density at radius 1 is 1.29 bits per heavy atom. The summed E-state index contributed by atoms with van der Waals surface area (Å²) in [4.78, 5) is 17.4. The molecule has 0 aromatic heterocycles. The summed E-state index contributed by atoms with van der Waals surface area (Å²) >= 11 is 0. The monoisotopic (exact) mass is 296 g/mol. The lowest BCUT2D eigenvalue weighted by atomic mass is 9.92. The molecule has 2 saturated heterocycles. The van der Waals surface area contributed by atoms with Gasteiger partial charge in [0.15, 0.2) is 0 Å². The van der Waals surface area contributed by atoms with Gasteiger partial charge in [0.2, 0.25) is 5.91 Å². The molecule has 0 saturated carbocycles. The van der Waals surface area contributed by atoms with Gasteiger partial charge in [-0.1, -0.05) is 6.92 Å². The third-order valence-corrected chi connectivity index (χ3v) is 5.32. The number of hydrogen-bond acceptors (Lipinski definition) is 4. The van der Waals surface area contributed by atoms with Crippen LogP contribution in [0.2, 0.25) is 0 Å². The van der Waals surface area contributed by atoms with E-state index in [-0.39, 0.29) is 17.0 Å². The summed E-state index contributed by atoms with van der Waals surface area (Å²) in [6.07, 6.45) is 2.93. The number of rotatable bonds is 5. The first-order chi connectivity index (χ1) is 9.89. The molecular formula is C16H32N4O. The molecule has 0 bridgehead atoms. The second-order valence-electron chi connectivity index (χ2n) is 7.25. The fourth-order valence-electron chi connectivity index (χ4n) is 3.45. The maximum Gasteiger partial charge on any atom is 0.240 e. The van der Waals surface area contributed by atoms with Gasteiger partial charge >= 0.3 is 0 Å². The molecule has 2 aliphatic rings. The Kier molecular flexibility index (Phi) is 5.28. The van der Waals surface area contributed by atoms with Crippen LogP contribution in [0, 0.1) is 0 Å². The Hall–Kier alpha value is -0.650. The van der Waals surface area contributed by atoms with Crippen molar-refractivity contribution in [3.05, 3.63) is 0 Å². The average molecular weight is 296 g/mol. The largest absolute Gasteiger partial charge is 0.353 e. The van der Waals surface area contributed by atoms with E-state index in [2.05, 4.69) is 48.3 Å². The highest BCUT2D eigenvalue weighted by Gasteiger charge is 2.40. The number of nitrogens with one attached hydrogen (secondary N) is 2. The zero-order chi connectivity index (χ0) is 15.5. The SMILES string of the molecule is CCC1(C(=O)NCC(C)(C)N2CCN(C)CC2)CCCN1. The van der Waals surface area contributed by atoms with Gasteiger partial charge in [0.25, 0.3) is 0 Å². The van der Waals surface area contributed by atoms with Crippen LogP contribution in [0.3, 0.4) is 0 Å². The van der Waals surface area contributed by atoms with E-state index >= 15 is 0 Å². The molecule has 5 heteroatoms. The highest BCUT2D eigenvalue weighted by Crippen LogP contribution is 2.23. The summed E-state index contributed by atoms with van der Waals surface area (Å²) in [5.41, 5.74) is -0.303. The second kappa shape index (κ2) is 6.63. The quantitative estimate of drug-likeness (QED) is 0.782. The van der Waals surface area contributed by atoms with Crippen LogP contribution >= 0.6 is 0 Å². The maximum absolute atomic E-state index is 12.6. The molecule has 1 atom stereocenters. The Balaban J connectivity index is 1.87. The van der Waals surface area contributed by atoms with Crippen LogP contribution < -0.4 is 10.6 Å². The minimum atomic E-state index is -0.321. The summed E-state index contributed by atoms with van der Waals surface area (Å²) in [6.45, 7) is 12.6. The van der Waals surface area contributed by atoms with E-state index in [1.807, 2.05) is 0 Å². The van der Waals surface area contributed by atoms with Gasteiger partial charge in [0.1, 0.15) is 0 Å². The van der Waals surface area contributed by atoms with Gasteiger partial charge in [-0.25, -0.2) is 0 Å². The molecule has 2 rings (SSSR count). The first kappa shape index (κ1) is 16.7. The molecule has 2 aliphatic heterocycles. The molecule has 2 fully saturated rings. The number of hydrogen-bond donors (Lipinski definition) is 2. The predicted molar refractivity (Wildman–Crippen MR) is 86.4 cm³/mol. The summed E-state index contributed by atoms with van der Waals surface area (Å²) in [5, 5.41) is 6.62. The van der Waals surface area contributed by atoms with Crippen LogP contribution in [0.4, 0.5) is 0 Å². The zero-order valence-corrected chi connectivity index (χ0v) is 14.2. The molecule has 0 aromatic rings. The second-order valence-corrected chi connectivity index (χ2v) is 7.25. The van der Waals surface area contributed by atoms with Gasteiger partial charge in [0.05, 0.1) is 5.54 Å². The first-order valence-corrected chi connectivity index (χ1v) is 8.36. The number of nitrogens with zero attached hydrogens (tertiary/aromatic N) is 2. The molecule has 5 nitrogen and oxygen atoms in total. The molecule has 122 valence electrons. The topological polar surface area (TPSA) is 47.6 Å². The van der Waals surface area contributed by atoms with Crippen molar-refractivity contribution >= 4 is 5.91 Å². The van der Waals surface area contributed by atoms with Crippen LogP contribution in [-0.4, -0.2) is 73.1 Å². The molecule has 2 N–H and O–H groups in total. The summed E-state index contributed by atoms with van der Waals surface area (Å²) in [6, 6.07) is 0. The van der Waals surface area contributed by atoms with E-state index in [0.29, 0.717) is 0 Å². The van der Waals surface area contributed by atoms with E-state index in [1.165, 1.54) is 0 Å². The third kappa shape index (κ3) is 3.76. The van der Waals surface area contributed by atoms with Crippen molar-refractivity contribution in [1.29, 1.82) is 0 Å². The van der Waals surface area contributed by atoms with Gasteiger partial charge in [-0.05, 0) is 46.7 Å². The highest BCUT2D eigenvalue weighted by atomic mass is 16.2. The van der Waals surface area contributed by atoms with Crippen molar-refractivity contribution in [2.45, 2.75) is 51.1 Å². The number of amides is 1. The molecule has 0 aromatic carbocycles. The maximum atomic E-state index is 12.6. The fourth-order valence-corrected chi connectivity index (χ4v) is 3.45. The number of piperazine rings is 1. The van der Waals surface area contributed by atoms with Crippen molar-refractivity contribution in [1.82, 2.24) is 20.4 Å². The van der Waals surface area contributed by atoms with E-state index in [1.54, 1.807) is 0 Å². The number of carbonyl (C=O) groups excluding carboxylic acids is 1. The molecule has 1 unspecified atom stereocenters. The smallest absolute Gasteiger partial charge is 0.240 e. The van der Waals surface area contributed by atoms with E-state index < -0.39 is 0 Å². The van der Waals surface area contributed by atoms with Crippen molar-refractivity contribution in [3.63, 3.8) is 0 Å². The first-order valence-electron chi connectivity index (χ1n) is 8.36. The summed E-state index contributed by atoms with van der Waals surface area (Å²) in [5.74, 6) is 0.185. The van der Waals surface area contributed by atoms with Gasteiger partial charge < -0.3 is 15.5 Å². The van der Waals surface area contributed by atoms with Gasteiger partial charge in [-0.2, -0.15) is 0 Å². The van der Waals surface area contributed by atoms with E-state index in [4.69, 9.17) is 0 Å². The standard InChI is InChI=1S/C16H32N4O/c1-5-16(7-6-8-18-16)14(21)17-13-15(2,3)20-11-9-19(4)10-12-20/h18H,5-13H2,1-4H3,(H,17,21). The predicted octanol–water partition coefficient (Wildman–Crippen LogP) is 0.661. The van der Waals surface area contributed by atoms with Crippen LogP contribution in [0.1, 0.15) is 40.0 Å². The highest BCUT2D eigenvalue weighted by molar-refractivity contribution is 5.86. The minimum absolute atomic E-state index is 0.0183. The summed E-state index contributed by atoms with van der Waals surface area (Å²) in [7, 11) is 2.17. The molecule has 21 heavy (non-hydrogen) atoms. The van der Waals surface area contributed by atoms with Gasteiger partial charge in [-0.15, -0.1) is 0 Å². The Labute approximate surface area is 129 Å². The third-order valence-electron chi connectivity index (χ3n) is 5.32. The van der Waals surface area contributed by atoms with Crippen molar-refractivity contribution < 1.29 is 4.79 Å². The molecule has 2 heterocycles. The molecule has 0 radical (unpaired) electrons. The fraction of sp³-hybridized carbons (Fsp3) is 0.938. The van der Waals surface area contributed by atoms with Gasteiger partial charge in [-0.3, -0.25) is 9.69 Å². The average Bonchev–Trinajstić information content (AvgIpc) is 2.95. The van der Waals surface area contributed by atoms with Crippen LogP contribution in [0.15, 0.2) is 0 Å². The van der Waals surface area contributed by atoms with E-state index in [9.17, 15) is 4.79 Å². The van der Waals surface area contributed by atoms with Crippen LogP contribution in [0.5, 0.6) is 0 Å². The Morgan fingerprint density at radius 2 is 1.95 bits per heavy atom. The van der Waals surface area contributed by atoms with Crippen molar-refractivity contribution in [2.24, 2.45) is 0 Å². The molecule has 1 amide bonds. The molecular weight excluding hydrogens is 264 g/mol. The zero-order valence-electron chi connectivity index (χ0n) is 14.2. The van der Waals surface area contributed by atoms with Crippen molar-refractivity contribution in [2.75, 3.05) is 46.3 Å².